The fraction of sp³-hybridized carbons (Fsp3) is 0.381. The second-order valence-electron chi connectivity index (χ2n) is 6.57. The van der Waals surface area contributed by atoms with E-state index in [2.05, 4.69) is 21.2 Å². The Bertz CT molecular complexity index is 776. The molecule has 1 amide bonds. The first-order valence-corrected chi connectivity index (χ1v) is 9.74. The molecule has 6 heteroatoms. The summed E-state index contributed by atoms with van der Waals surface area (Å²) in [6, 6.07) is 15.2. The number of para-hydroxylation sites is 3. The van der Waals surface area contributed by atoms with Gasteiger partial charge in [0.1, 0.15) is 5.75 Å². The van der Waals surface area contributed by atoms with Crippen molar-refractivity contribution in [2.24, 2.45) is 0 Å². The maximum atomic E-state index is 12.6. The number of ether oxygens (including phenoxy) is 1. The van der Waals surface area contributed by atoms with Crippen molar-refractivity contribution in [3.63, 3.8) is 0 Å². The highest BCUT2D eigenvalue weighted by atomic mass is 35.5. The number of nitrogens with one attached hydrogen (secondary N) is 1. The Labute approximate surface area is 165 Å². The van der Waals surface area contributed by atoms with Gasteiger partial charge in [0.25, 0.3) is 0 Å². The first-order chi connectivity index (χ1) is 13.1. The molecule has 0 radical (unpaired) electrons. The number of piperazine rings is 1. The lowest BCUT2D eigenvalue weighted by atomic mass is 10.2. The largest absolute Gasteiger partial charge is 0.492 e. The highest BCUT2D eigenvalue weighted by molar-refractivity contribution is 6.33. The van der Waals surface area contributed by atoms with Gasteiger partial charge in [-0.05, 0) is 38.1 Å². The summed E-state index contributed by atoms with van der Waals surface area (Å²) in [7, 11) is 0. The molecule has 0 aromatic heterocycles. The molecule has 1 aliphatic rings. The molecule has 1 aliphatic heterocycles. The summed E-state index contributed by atoms with van der Waals surface area (Å²) in [6.45, 7) is 7.93. The summed E-state index contributed by atoms with van der Waals surface area (Å²) >= 11 is 6.14. The SMILES string of the molecule is CCOc1ccccc1N1CCN([C@H](C)C(=O)Nc2ccccc2Cl)CC1. The highest BCUT2D eigenvalue weighted by Crippen LogP contribution is 2.29. The monoisotopic (exact) mass is 387 g/mol. The molecule has 2 aromatic carbocycles. The molecule has 1 atom stereocenters. The van der Waals surface area contributed by atoms with Gasteiger partial charge in [0.2, 0.25) is 5.91 Å². The van der Waals surface area contributed by atoms with Crippen LogP contribution in [-0.2, 0) is 4.79 Å². The lowest BCUT2D eigenvalue weighted by molar-refractivity contribution is -0.120. The molecule has 1 fully saturated rings. The van der Waals surface area contributed by atoms with Crippen LogP contribution in [0.25, 0.3) is 0 Å². The number of carbonyl (C=O) groups excluding carboxylic acids is 1. The van der Waals surface area contributed by atoms with Gasteiger partial charge in [-0.2, -0.15) is 0 Å². The zero-order chi connectivity index (χ0) is 19.2. The predicted molar refractivity (Wildman–Crippen MR) is 111 cm³/mol. The summed E-state index contributed by atoms with van der Waals surface area (Å²) in [4.78, 5) is 17.1. The average molecular weight is 388 g/mol. The third-order valence-corrected chi connectivity index (χ3v) is 5.21. The fourth-order valence-electron chi connectivity index (χ4n) is 3.31. The van der Waals surface area contributed by atoms with E-state index in [0.29, 0.717) is 17.3 Å². The van der Waals surface area contributed by atoms with Crippen LogP contribution in [-0.4, -0.2) is 49.6 Å². The van der Waals surface area contributed by atoms with Crippen molar-refractivity contribution in [2.45, 2.75) is 19.9 Å². The molecule has 0 spiro atoms. The molecule has 3 rings (SSSR count). The van der Waals surface area contributed by atoms with Gasteiger partial charge in [0.05, 0.1) is 29.0 Å². The van der Waals surface area contributed by atoms with Crippen molar-refractivity contribution in [1.29, 1.82) is 0 Å². The molecule has 1 N–H and O–H groups in total. The first kappa shape index (κ1) is 19.5. The first-order valence-electron chi connectivity index (χ1n) is 9.36. The van der Waals surface area contributed by atoms with Gasteiger partial charge in [-0.3, -0.25) is 9.69 Å². The summed E-state index contributed by atoms with van der Waals surface area (Å²) in [5.41, 5.74) is 1.77. The van der Waals surface area contributed by atoms with Gasteiger partial charge in [-0.1, -0.05) is 35.9 Å². The number of carbonyl (C=O) groups is 1. The molecule has 0 saturated carbocycles. The van der Waals surface area contributed by atoms with Crippen molar-refractivity contribution in [2.75, 3.05) is 43.0 Å². The van der Waals surface area contributed by atoms with E-state index >= 15 is 0 Å². The van der Waals surface area contributed by atoms with Crippen molar-refractivity contribution in [3.8, 4) is 5.75 Å². The summed E-state index contributed by atoms with van der Waals surface area (Å²) in [6.07, 6.45) is 0. The van der Waals surface area contributed by atoms with Gasteiger partial charge in [-0.15, -0.1) is 0 Å². The normalized spacial score (nSPS) is 16.0. The van der Waals surface area contributed by atoms with Crippen LogP contribution in [0.2, 0.25) is 5.02 Å². The minimum atomic E-state index is -0.217. The lowest BCUT2D eigenvalue weighted by Gasteiger charge is -2.39. The average Bonchev–Trinajstić information content (AvgIpc) is 2.70. The Morgan fingerprint density at radius 2 is 1.78 bits per heavy atom. The minimum Gasteiger partial charge on any atom is -0.492 e. The molecular weight excluding hydrogens is 362 g/mol. The predicted octanol–water partition coefficient (Wildman–Crippen LogP) is 3.89. The Hall–Kier alpha value is -2.24. The topological polar surface area (TPSA) is 44.8 Å². The fourth-order valence-corrected chi connectivity index (χ4v) is 3.49. The van der Waals surface area contributed by atoms with Gasteiger partial charge in [-0.25, -0.2) is 0 Å². The van der Waals surface area contributed by atoms with E-state index in [-0.39, 0.29) is 11.9 Å². The van der Waals surface area contributed by atoms with Gasteiger partial charge in [0.15, 0.2) is 0 Å². The van der Waals surface area contributed by atoms with Gasteiger partial charge < -0.3 is 15.0 Å². The van der Waals surface area contributed by atoms with Crippen LogP contribution in [0.15, 0.2) is 48.5 Å². The van der Waals surface area contributed by atoms with Crippen LogP contribution in [0.1, 0.15) is 13.8 Å². The molecule has 5 nitrogen and oxygen atoms in total. The van der Waals surface area contributed by atoms with Crippen LogP contribution < -0.4 is 15.0 Å². The maximum absolute atomic E-state index is 12.6. The molecular formula is C21H26ClN3O2. The summed E-state index contributed by atoms with van der Waals surface area (Å²) < 4.78 is 5.75. The maximum Gasteiger partial charge on any atom is 0.241 e. The summed E-state index contributed by atoms with van der Waals surface area (Å²) in [5, 5.41) is 3.48. The molecule has 1 saturated heterocycles. The van der Waals surface area contributed by atoms with Crippen molar-refractivity contribution in [3.05, 3.63) is 53.6 Å². The number of hydrogen-bond donors (Lipinski definition) is 1. The third-order valence-electron chi connectivity index (χ3n) is 4.88. The Morgan fingerprint density at radius 1 is 1.11 bits per heavy atom. The number of anilines is 2. The Balaban J connectivity index is 1.59. The number of rotatable bonds is 6. The third kappa shape index (κ3) is 4.73. The van der Waals surface area contributed by atoms with Crippen LogP contribution in [0.5, 0.6) is 5.75 Å². The molecule has 144 valence electrons. The number of nitrogens with zero attached hydrogens (tertiary/aromatic N) is 2. The zero-order valence-corrected chi connectivity index (χ0v) is 16.6. The molecule has 0 aliphatic carbocycles. The Morgan fingerprint density at radius 3 is 2.48 bits per heavy atom. The van der Waals surface area contributed by atoms with Crippen molar-refractivity contribution < 1.29 is 9.53 Å². The van der Waals surface area contributed by atoms with E-state index in [1.165, 1.54) is 0 Å². The van der Waals surface area contributed by atoms with E-state index in [4.69, 9.17) is 16.3 Å². The zero-order valence-electron chi connectivity index (χ0n) is 15.8. The molecule has 1 heterocycles. The lowest BCUT2D eigenvalue weighted by Crippen LogP contribution is -2.52. The number of amides is 1. The number of halogens is 1. The van der Waals surface area contributed by atoms with E-state index in [9.17, 15) is 4.79 Å². The smallest absolute Gasteiger partial charge is 0.241 e. The van der Waals surface area contributed by atoms with Crippen LogP contribution in [0, 0.1) is 0 Å². The van der Waals surface area contributed by atoms with E-state index in [0.717, 1.165) is 37.6 Å². The van der Waals surface area contributed by atoms with Crippen LogP contribution in [0.3, 0.4) is 0 Å². The molecule has 0 unspecified atom stereocenters. The summed E-state index contributed by atoms with van der Waals surface area (Å²) in [5.74, 6) is 0.879. The van der Waals surface area contributed by atoms with Gasteiger partial charge >= 0.3 is 0 Å². The second-order valence-corrected chi connectivity index (χ2v) is 6.98. The van der Waals surface area contributed by atoms with Crippen molar-refractivity contribution in [1.82, 2.24) is 4.90 Å². The van der Waals surface area contributed by atoms with Crippen LogP contribution in [0.4, 0.5) is 11.4 Å². The number of hydrogen-bond acceptors (Lipinski definition) is 4. The molecule has 0 bridgehead atoms. The quantitative estimate of drug-likeness (QED) is 0.816. The van der Waals surface area contributed by atoms with E-state index in [1.54, 1.807) is 6.07 Å². The Kier molecular flexibility index (Phi) is 6.58. The molecule has 2 aromatic rings. The van der Waals surface area contributed by atoms with Crippen LogP contribution >= 0.6 is 11.6 Å². The highest BCUT2D eigenvalue weighted by Gasteiger charge is 2.26. The number of benzene rings is 2. The standard InChI is InChI=1S/C21H26ClN3O2/c1-3-27-20-11-7-6-10-19(20)25-14-12-24(13-15-25)16(2)21(26)23-18-9-5-4-8-17(18)22/h4-11,16H,3,12-15H2,1-2H3,(H,23,26)/t16-/m1/s1. The van der Waals surface area contributed by atoms with Gasteiger partial charge in [0, 0.05) is 26.2 Å². The molecule has 27 heavy (non-hydrogen) atoms. The van der Waals surface area contributed by atoms with E-state index in [1.807, 2.05) is 50.2 Å². The second kappa shape index (κ2) is 9.11. The van der Waals surface area contributed by atoms with E-state index < -0.39 is 0 Å². The van der Waals surface area contributed by atoms with Crippen molar-refractivity contribution >= 4 is 28.9 Å². The minimum absolute atomic E-state index is 0.0359.